The third-order valence-corrected chi connectivity index (χ3v) is 2.77. The molecule has 0 aliphatic heterocycles. The average Bonchev–Trinajstić information content (AvgIpc) is 2.65. The number of esters is 1. The second kappa shape index (κ2) is 5.02. The lowest BCUT2D eigenvalue weighted by Gasteiger charge is -1.92. The molecule has 0 amide bonds. The van der Waals surface area contributed by atoms with Gasteiger partial charge in [-0.15, -0.1) is 11.3 Å². The second-order valence-corrected chi connectivity index (χ2v) is 4.04. The van der Waals surface area contributed by atoms with Gasteiger partial charge in [-0.25, -0.2) is 9.79 Å². The maximum atomic E-state index is 11.1. The Bertz CT molecular complexity index is 360. The van der Waals surface area contributed by atoms with Gasteiger partial charge in [0.05, 0.1) is 12.7 Å². The number of hydrogen-bond donors (Lipinski definition) is 1. The molecule has 1 heterocycles. The van der Waals surface area contributed by atoms with Crippen molar-refractivity contribution < 1.29 is 9.53 Å². The van der Waals surface area contributed by atoms with E-state index in [0.717, 1.165) is 0 Å². The zero-order valence-electron chi connectivity index (χ0n) is 7.81. The summed E-state index contributed by atoms with van der Waals surface area (Å²) < 4.78 is 4.56. The lowest BCUT2D eigenvalue weighted by atomic mass is 10.3. The summed E-state index contributed by atoms with van der Waals surface area (Å²) in [4.78, 5) is 15.2. The predicted octanol–water partition coefficient (Wildman–Crippen LogP) is 1.84. The standard InChI is InChI=1S/C8H10N2O2S2/c1-12-7(11)5-3-6(14-4-5)10-8(9)13-2/h3-4H,1-2H3,(H2,9,10). The number of aliphatic imine (C=N–C) groups is 1. The van der Waals surface area contributed by atoms with E-state index in [2.05, 4.69) is 9.73 Å². The number of hydrogen-bond acceptors (Lipinski definition) is 5. The Hall–Kier alpha value is -1.01. The van der Waals surface area contributed by atoms with Crippen LogP contribution in [0.25, 0.3) is 0 Å². The first-order chi connectivity index (χ1) is 6.67. The summed E-state index contributed by atoms with van der Waals surface area (Å²) in [6.07, 6.45) is 1.84. The Balaban J connectivity index is 2.83. The number of rotatable bonds is 2. The summed E-state index contributed by atoms with van der Waals surface area (Å²) in [5, 5.41) is 2.87. The van der Waals surface area contributed by atoms with Gasteiger partial charge in [-0.3, -0.25) is 0 Å². The molecular formula is C8H10N2O2S2. The zero-order chi connectivity index (χ0) is 10.6. The fraction of sp³-hybridized carbons (Fsp3) is 0.250. The molecular weight excluding hydrogens is 220 g/mol. The molecule has 6 heteroatoms. The molecule has 0 atom stereocenters. The highest BCUT2D eigenvalue weighted by Crippen LogP contribution is 2.24. The highest BCUT2D eigenvalue weighted by molar-refractivity contribution is 8.13. The molecule has 0 fully saturated rings. The molecule has 0 aliphatic rings. The van der Waals surface area contributed by atoms with Crippen LogP contribution in [-0.4, -0.2) is 24.5 Å². The first-order valence-corrected chi connectivity index (χ1v) is 5.83. The van der Waals surface area contributed by atoms with Crippen molar-refractivity contribution in [1.82, 2.24) is 0 Å². The molecule has 0 spiro atoms. The van der Waals surface area contributed by atoms with Gasteiger partial charge in [0.25, 0.3) is 0 Å². The van der Waals surface area contributed by atoms with Crippen molar-refractivity contribution >= 4 is 39.2 Å². The SMILES string of the molecule is COC(=O)c1csc(/N=C(/N)SC)c1. The predicted molar refractivity (Wildman–Crippen MR) is 60.5 cm³/mol. The first-order valence-electron chi connectivity index (χ1n) is 3.72. The van der Waals surface area contributed by atoms with E-state index in [1.165, 1.54) is 30.2 Å². The Morgan fingerprint density at radius 3 is 3.00 bits per heavy atom. The molecule has 76 valence electrons. The van der Waals surface area contributed by atoms with Crippen molar-refractivity contribution in [3.05, 3.63) is 17.0 Å². The van der Waals surface area contributed by atoms with E-state index in [-0.39, 0.29) is 5.97 Å². The quantitative estimate of drug-likeness (QED) is 0.478. The van der Waals surface area contributed by atoms with Crippen molar-refractivity contribution in [3.8, 4) is 0 Å². The van der Waals surface area contributed by atoms with E-state index < -0.39 is 0 Å². The maximum absolute atomic E-state index is 11.1. The van der Waals surface area contributed by atoms with Crippen molar-refractivity contribution in [2.45, 2.75) is 0 Å². The van der Waals surface area contributed by atoms with Gasteiger partial charge in [0, 0.05) is 5.38 Å². The fourth-order valence-corrected chi connectivity index (χ4v) is 1.77. The van der Waals surface area contributed by atoms with E-state index in [1.54, 1.807) is 11.4 Å². The average molecular weight is 230 g/mol. The molecule has 14 heavy (non-hydrogen) atoms. The van der Waals surface area contributed by atoms with Crippen molar-refractivity contribution in [2.24, 2.45) is 10.7 Å². The van der Waals surface area contributed by atoms with E-state index in [9.17, 15) is 4.79 Å². The molecule has 0 unspecified atom stereocenters. The smallest absolute Gasteiger partial charge is 0.338 e. The zero-order valence-corrected chi connectivity index (χ0v) is 9.45. The molecule has 1 aromatic heterocycles. The molecule has 0 aromatic carbocycles. The van der Waals surface area contributed by atoms with Crippen LogP contribution in [0.15, 0.2) is 16.4 Å². The molecule has 4 nitrogen and oxygen atoms in total. The number of nitrogens with two attached hydrogens (primary N) is 1. The lowest BCUT2D eigenvalue weighted by Crippen LogP contribution is -2.03. The maximum Gasteiger partial charge on any atom is 0.338 e. The van der Waals surface area contributed by atoms with Crippen molar-refractivity contribution in [3.63, 3.8) is 0 Å². The molecule has 0 radical (unpaired) electrons. The minimum Gasteiger partial charge on any atom is -0.465 e. The third kappa shape index (κ3) is 2.74. The molecule has 0 aliphatic carbocycles. The Kier molecular flexibility index (Phi) is 3.97. The second-order valence-electron chi connectivity index (χ2n) is 2.32. The molecule has 0 saturated heterocycles. The largest absolute Gasteiger partial charge is 0.465 e. The van der Waals surface area contributed by atoms with Crippen LogP contribution in [0.2, 0.25) is 0 Å². The van der Waals surface area contributed by atoms with Gasteiger partial charge in [-0.1, -0.05) is 11.8 Å². The summed E-state index contributed by atoms with van der Waals surface area (Å²) in [5.41, 5.74) is 6.03. The number of carbonyl (C=O) groups is 1. The number of amidine groups is 1. The molecule has 0 saturated carbocycles. The van der Waals surface area contributed by atoms with Gasteiger partial charge in [-0.05, 0) is 12.3 Å². The lowest BCUT2D eigenvalue weighted by molar-refractivity contribution is 0.0601. The van der Waals surface area contributed by atoms with Gasteiger partial charge in [0.15, 0.2) is 5.17 Å². The Morgan fingerprint density at radius 1 is 1.71 bits per heavy atom. The number of methoxy groups -OCH3 is 1. The summed E-state index contributed by atoms with van der Waals surface area (Å²) in [6, 6.07) is 1.65. The van der Waals surface area contributed by atoms with Gasteiger partial charge in [0.1, 0.15) is 5.00 Å². The van der Waals surface area contributed by atoms with E-state index in [0.29, 0.717) is 15.7 Å². The number of nitrogens with zero attached hydrogens (tertiary/aromatic N) is 1. The molecule has 2 N–H and O–H groups in total. The Morgan fingerprint density at radius 2 is 2.43 bits per heavy atom. The van der Waals surface area contributed by atoms with E-state index in [1.807, 2.05) is 6.26 Å². The van der Waals surface area contributed by atoms with Gasteiger partial charge >= 0.3 is 5.97 Å². The van der Waals surface area contributed by atoms with Crippen molar-refractivity contribution in [1.29, 1.82) is 0 Å². The minimum atomic E-state index is -0.356. The van der Waals surface area contributed by atoms with Crippen molar-refractivity contribution in [2.75, 3.05) is 13.4 Å². The summed E-state index contributed by atoms with van der Waals surface area (Å²) >= 11 is 2.72. The molecule has 1 rings (SSSR count). The van der Waals surface area contributed by atoms with Crippen LogP contribution in [0.4, 0.5) is 5.00 Å². The van der Waals surface area contributed by atoms with Gasteiger partial charge in [0.2, 0.25) is 0 Å². The summed E-state index contributed by atoms with van der Waals surface area (Å²) in [6.45, 7) is 0. The van der Waals surface area contributed by atoms with Crippen LogP contribution in [0, 0.1) is 0 Å². The van der Waals surface area contributed by atoms with Crippen LogP contribution >= 0.6 is 23.1 Å². The topological polar surface area (TPSA) is 64.7 Å². The van der Waals surface area contributed by atoms with Crippen LogP contribution in [0.1, 0.15) is 10.4 Å². The van der Waals surface area contributed by atoms with E-state index in [4.69, 9.17) is 5.73 Å². The number of carbonyl (C=O) groups excluding carboxylic acids is 1. The van der Waals surface area contributed by atoms with Crippen LogP contribution < -0.4 is 5.73 Å². The van der Waals surface area contributed by atoms with Crippen LogP contribution in [0.3, 0.4) is 0 Å². The first kappa shape index (κ1) is 11.1. The summed E-state index contributed by atoms with van der Waals surface area (Å²) in [5.74, 6) is -0.356. The minimum absolute atomic E-state index is 0.356. The molecule has 0 bridgehead atoms. The third-order valence-electron chi connectivity index (χ3n) is 1.44. The van der Waals surface area contributed by atoms with Gasteiger partial charge in [-0.2, -0.15) is 0 Å². The van der Waals surface area contributed by atoms with E-state index >= 15 is 0 Å². The van der Waals surface area contributed by atoms with Crippen LogP contribution in [-0.2, 0) is 4.74 Å². The number of thioether (sulfide) groups is 1. The van der Waals surface area contributed by atoms with Gasteiger partial charge < -0.3 is 10.5 Å². The number of ether oxygens (including phenoxy) is 1. The number of thiophene rings is 1. The highest BCUT2D eigenvalue weighted by atomic mass is 32.2. The molecule has 1 aromatic rings. The Labute approximate surface area is 90.2 Å². The normalized spacial score (nSPS) is 11.4. The highest BCUT2D eigenvalue weighted by Gasteiger charge is 2.07. The summed E-state index contributed by atoms with van der Waals surface area (Å²) in [7, 11) is 1.35. The fourth-order valence-electron chi connectivity index (χ4n) is 0.763. The van der Waals surface area contributed by atoms with Crippen LogP contribution in [0.5, 0.6) is 0 Å². The monoisotopic (exact) mass is 230 g/mol.